The van der Waals surface area contributed by atoms with Gasteiger partial charge in [-0.3, -0.25) is 14.7 Å². The molecule has 1 aromatic heterocycles. The standard InChI is InChI=1S/C28H35F3N4O3/c1-3-24-25-21(15-35(24)14-18-6-10-22(11-7-18)28(29,30)31)12-20(13-33-25)26(36)34-23(16-38-27(32)37)19-8-4-17(2)5-9-19/h4-5,8-9,12-13,18,22-24H,3,6-7,10-11,14-16H2,1-2H3,(H2,32,37)(H,34,36)/t18?,22?,23-,24-/m0/s1. The van der Waals surface area contributed by atoms with Crippen LogP contribution in [0.2, 0.25) is 0 Å². The number of rotatable bonds is 8. The van der Waals surface area contributed by atoms with Gasteiger partial charge in [0.1, 0.15) is 6.61 Å². The first-order chi connectivity index (χ1) is 18.0. The number of carbonyl (C=O) groups is 2. The maximum atomic E-state index is 13.2. The molecule has 7 nitrogen and oxygen atoms in total. The van der Waals surface area contributed by atoms with Crippen molar-refractivity contribution in [1.29, 1.82) is 0 Å². The van der Waals surface area contributed by atoms with Crippen molar-refractivity contribution in [2.24, 2.45) is 17.6 Å². The van der Waals surface area contributed by atoms with Crippen LogP contribution in [-0.4, -0.2) is 41.2 Å². The number of ether oxygens (including phenoxy) is 1. The van der Waals surface area contributed by atoms with Gasteiger partial charge in [0.15, 0.2) is 0 Å². The number of nitrogens with zero attached hydrogens (tertiary/aromatic N) is 2. The summed E-state index contributed by atoms with van der Waals surface area (Å²) in [6, 6.07) is 8.86. The second-order valence-corrected chi connectivity index (χ2v) is 10.4. The lowest BCUT2D eigenvalue weighted by molar-refractivity contribution is -0.184. The van der Waals surface area contributed by atoms with Gasteiger partial charge in [0.05, 0.1) is 29.3 Å². The van der Waals surface area contributed by atoms with Crippen molar-refractivity contribution in [3.05, 3.63) is 64.5 Å². The van der Waals surface area contributed by atoms with E-state index >= 15 is 0 Å². The number of pyridine rings is 1. The van der Waals surface area contributed by atoms with E-state index in [4.69, 9.17) is 10.5 Å². The molecule has 0 spiro atoms. The lowest BCUT2D eigenvalue weighted by atomic mass is 9.81. The zero-order chi connectivity index (χ0) is 27.4. The Labute approximate surface area is 220 Å². The molecule has 0 unspecified atom stereocenters. The molecule has 2 aliphatic rings. The van der Waals surface area contributed by atoms with Crippen molar-refractivity contribution < 1.29 is 27.5 Å². The van der Waals surface area contributed by atoms with Gasteiger partial charge in [-0.2, -0.15) is 13.2 Å². The summed E-state index contributed by atoms with van der Waals surface area (Å²) >= 11 is 0. The van der Waals surface area contributed by atoms with Crippen LogP contribution in [0.5, 0.6) is 0 Å². The fourth-order valence-corrected chi connectivity index (χ4v) is 5.65. The number of carbonyl (C=O) groups excluding carboxylic acids is 2. The number of amides is 2. The minimum atomic E-state index is -4.11. The molecule has 2 heterocycles. The molecule has 1 aliphatic carbocycles. The van der Waals surface area contributed by atoms with Crippen LogP contribution < -0.4 is 11.1 Å². The number of alkyl halides is 3. The lowest BCUT2D eigenvalue weighted by Gasteiger charge is -2.33. The Morgan fingerprint density at radius 2 is 1.87 bits per heavy atom. The van der Waals surface area contributed by atoms with E-state index in [1.165, 1.54) is 0 Å². The molecule has 2 atom stereocenters. The fraction of sp³-hybridized carbons (Fsp3) is 0.536. The Kier molecular flexibility index (Phi) is 8.60. The predicted molar refractivity (Wildman–Crippen MR) is 136 cm³/mol. The van der Waals surface area contributed by atoms with Crippen LogP contribution in [0.25, 0.3) is 0 Å². The molecule has 0 radical (unpaired) electrons. The minimum absolute atomic E-state index is 0.0757. The van der Waals surface area contributed by atoms with Crippen LogP contribution in [0, 0.1) is 18.8 Å². The predicted octanol–water partition coefficient (Wildman–Crippen LogP) is 5.59. The van der Waals surface area contributed by atoms with Gasteiger partial charge in [0.25, 0.3) is 5.91 Å². The highest BCUT2D eigenvalue weighted by atomic mass is 19.4. The topological polar surface area (TPSA) is 97.5 Å². The van der Waals surface area contributed by atoms with E-state index in [9.17, 15) is 22.8 Å². The number of benzene rings is 1. The number of aryl methyl sites for hydroxylation is 1. The third kappa shape index (κ3) is 6.64. The van der Waals surface area contributed by atoms with Gasteiger partial charge in [-0.1, -0.05) is 36.8 Å². The monoisotopic (exact) mass is 532 g/mol. The summed E-state index contributed by atoms with van der Waals surface area (Å²) in [5, 5.41) is 2.92. The Morgan fingerprint density at radius 3 is 2.47 bits per heavy atom. The third-order valence-electron chi connectivity index (χ3n) is 7.76. The quantitative estimate of drug-likeness (QED) is 0.462. The first-order valence-corrected chi connectivity index (χ1v) is 13.1. The molecule has 1 aliphatic heterocycles. The van der Waals surface area contributed by atoms with Crippen LogP contribution in [0.4, 0.5) is 18.0 Å². The zero-order valence-corrected chi connectivity index (χ0v) is 21.8. The highest BCUT2D eigenvalue weighted by Gasteiger charge is 2.42. The minimum Gasteiger partial charge on any atom is -0.447 e. The van der Waals surface area contributed by atoms with Gasteiger partial charge in [-0.25, -0.2) is 4.79 Å². The number of hydrogen-bond acceptors (Lipinski definition) is 5. The van der Waals surface area contributed by atoms with Gasteiger partial charge in [0, 0.05) is 19.3 Å². The molecule has 3 N–H and O–H groups in total. The fourth-order valence-electron chi connectivity index (χ4n) is 5.65. The van der Waals surface area contributed by atoms with Gasteiger partial charge < -0.3 is 15.8 Å². The van der Waals surface area contributed by atoms with E-state index < -0.39 is 24.2 Å². The molecule has 38 heavy (non-hydrogen) atoms. The molecule has 0 saturated heterocycles. The smallest absolute Gasteiger partial charge is 0.404 e. The largest absolute Gasteiger partial charge is 0.447 e. The number of hydrogen-bond donors (Lipinski definition) is 2. The van der Waals surface area contributed by atoms with E-state index in [1.54, 1.807) is 6.20 Å². The third-order valence-corrected chi connectivity index (χ3v) is 7.76. The Balaban J connectivity index is 1.43. The molecule has 1 aromatic carbocycles. The second kappa shape index (κ2) is 11.7. The molecule has 1 fully saturated rings. The number of primary amides is 1. The summed E-state index contributed by atoms with van der Waals surface area (Å²) in [6.45, 7) is 5.24. The highest BCUT2D eigenvalue weighted by Crippen LogP contribution is 2.42. The molecule has 2 aromatic rings. The van der Waals surface area contributed by atoms with E-state index in [0.717, 1.165) is 35.3 Å². The first-order valence-electron chi connectivity index (χ1n) is 13.1. The van der Waals surface area contributed by atoms with Crippen molar-refractivity contribution in [2.45, 2.75) is 70.8 Å². The van der Waals surface area contributed by atoms with Crippen LogP contribution in [0.1, 0.15) is 83.9 Å². The maximum Gasteiger partial charge on any atom is 0.404 e. The highest BCUT2D eigenvalue weighted by molar-refractivity contribution is 5.94. The van der Waals surface area contributed by atoms with Gasteiger partial charge >= 0.3 is 12.3 Å². The summed E-state index contributed by atoms with van der Waals surface area (Å²) in [7, 11) is 0. The molecule has 2 amide bonds. The Morgan fingerprint density at radius 1 is 1.18 bits per heavy atom. The first kappa shape index (κ1) is 27.9. The summed E-state index contributed by atoms with van der Waals surface area (Å²) in [4.78, 5) is 31.3. The summed E-state index contributed by atoms with van der Waals surface area (Å²) in [5.74, 6) is -1.31. The van der Waals surface area contributed by atoms with Crippen LogP contribution >= 0.6 is 0 Å². The normalized spacial score (nSPS) is 22.5. The zero-order valence-electron chi connectivity index (χ0n) is 21.8. The number of nitrogens with two attached hydrogens (primary N) is 1. The molecule has 10 heteroatoms. The van der Waals surface area contributed by atoms with Crippen molar-refractivity contribution in [2.75, 3.05) is 13.2 Å². The SMILES string of the molecule is CC[C@H]1c2ncc(C(=O)N[C@@H](COC(N)=O)c3ccc(C)cc3)cc2CN1CC1CCC(C(F)(F)F)CC1. The Bertz CT molecular complexity index is 1130. The average Bonchev–Trinajstić information content (AvgIpc) is 3.22. The summed E-state index contributed by atoms with van der Waals surface area (Å²) < 4.78 is 44.2. The number of fused-ring (bicyclic) bond motifs is 1. The van der Waals surface area contributed by atoms with E-state index in [-0.39, 0.29) is 37.3 Å². The number of aromatic nitrogens is 1. The van der Waals surface area contributed by atoms with E-state index in [1.807, 2.05) is 37.3 Å². The number of halogens is 3. The second-order valence-electron chi connectivity index (χ2n) is 10.4. The maximum absolute atomic E-state index is 13.2. The molecular weight excluding hydrogens is 497 g/mol. The van der Waals surface area contributed by atoms with Crippen molar-refractivity contribution in [3.8, 4) is 0 Å². The summed E-state index contributed by atoms with van der Waals surface area (Å²) in [6.07, 6.45) is -1.13. The Hall–Kier alpha value is -3.14. The lowest BCUT2D eigenvalue weighted by Crippen LogP contribution is -2.33. The van der Waals surface area contributed by atoms with E-state index in [2.05, 4.69) is 22.1 Å². The van der Waals surface area contributed by atoms with Gasteiger partial charge in [-0.05, 0) is 62.1 Å². The van der Waals surface area contributed by atoms with Crippen molar-refractivity contribution in [3.63, 3.8) is 0 Å². The van der Waals surface area contributed by atoms with Crippen molar-refractivity contribution in [1.82, 2.24) is 15.2 Å². The van der Waals surface area contributed by atoms with Crippen LogP contribution in [0.3, 0.4) is 0 Å². The molecule has 206 valence electrons. The molecular formula is C28H35F3N4O3. The molecule has 0 bridgehead atoms. The van der Waals surface area contributed by atoms with E-state index in [0.29, 0.717) is 24.9 Å². The number of nitrogens with one attached hydrogen (secondary N) is 1. The average molecular weight is 533 g/mol. The molecule has 4 rings (SSSR count). The van der Waals surface area contributed by atoms with Crippen molar-refractivity contribution >= 4 is 12.0 Å². The van der Waals surface area contributed by atoms with Crippen LogP contribution in [-0.2, 0) is 11.3 Å². The van der Waals surface area contributed by atoms with Gasteiger partial charge in [-0.15, -0.1) is 0 Å². The van der Waals surface area contributed by atoms with Crippen LogP contribution in [0.15, 0.2) is 36.5 Å². The summed E-state index contributed by atoms with van der Waals surface area (Å²) in [5.41, 5.74) is 9.23. The van der Waals surface area contributed by atoms with Gasteiger partial charge in [0.2, 0.25) is 0 Å². The molecule has 1 saturated carbocycles.